The van der Waals surface area contributed by atoms with Gasteiger partial charge in [-0.25, -0.2) is 4.39 Å². The first-order chi connectivity index (χ1) is 6.34. The van der Waals surface area contributed by atoms with Crippen LogP contribution in [0.4, 0.5) is 4.39 Å². The van der Waals surface area contributed by atoms with Crippen molar-refractivity contribution in [2.75, 3.05) is 0 Å². The molecule has 0 saturated heterocycles. The van der Waals surface area contributed by atoms with Gasteiger partial charge in [0.05, 0.1) is 0 Å². The highest BCUT2D eigenvalue weighted by molar-refractivity contribution is 5.24. The van der Waals surface area contributed by atoms with Crippen LogP contribution in [0.3, 0.4) is 0 Å². The highest BCUT2D eigenvalue weighted by Gasteiger charge is 1.99. The van der Waals surface area contributed by atoms with Crippen LogP contribution in [-0.4, -0.2) is 0 Å². The van der Waals surface area contributed by atoms with Gasteiger partial charge in [-0.1, -0.05) is 44.4 Å². The van der Waals surface area contributed by atoms with Crippen molar-refractivity contribution in [1.29, 1.82) is 0 Å². The van der Waals surface area contributed by atoms with Crippen LogP contribution in [0, 0.1) is 12.2 Å². The average Bonchev–Trinajstić information content (AvgIpc) is 2.15. The van der Waals surface area contributed by atoms with E-state index in [0.717, 1.165) is 18.4 Å². The zero-order valence-corrected chi connectivity index (χ0v) is 8.09. The van der Waals surface area contributed by atoms with Crippen molar-refractivity contribution in [3.05, 3.63) is 42.1 Å². The van der Waals surface area contributed by atoms with E-state index in [9.17, 15) is 4.39 Å². The maximum atomic E-state index is 13.1. The van der Waals surface area contributed by atoms with Crippen LogP contribution in [0.5, 0.6) is 0 Å². The molecule has 0 amide bonds. The third-order valence-corrected chi connectivity index (χ3v) is 2.08. The number of hydrogen-bond donors (Lipinski definition) is 0. The van der Waals surface area contributed by atoms with E-state index in [-0.39, 0.29) is 5.82 Å². The van der Waals surface area contributed by atoms with Crippen LogP contribution in [0.15, 0.2) is 24.3 Å². The lowest BCUT2D eigenvalue weighted by atomic mass is 10.1. The minimum Gasteiger partial charge on any atom is -0.207 e. The normalized spacial score (nSPS) is 10.3. The molecule has 0 fully saturated rings. The van der Waals surface area contributed by atoms with E-state index in [1.165, 1.54) is 18.9 Å². The molecular formula is C12H16F. The van der Waals surface area contributed by atoms with Crippen LogP contribution >= 0.6 is 0 Å². The van der Waals surface area contributed by atoms with Gasteiger partial charge in [0.15, 0.2) is 0 Å². The Bertz CT molecular complexity index is 243. The summed E-state index contributed by atoms with van der Waals surface area (Å²) in [5.41, 5.74) is 0.735. The number of rotatable bonds is 5. The Morgan fingerprint density at radius 3 is 2.69 bits per heavy atom. The van der Waals surface area contributed by atoms with Crippen LogP contribution in [-0.2, 0) is 0 Å². The topological polar surface area (TPSA) is 0 Å². The van der Waals surface area contributed by atoms with E-state index in [4.69, 9.17) is 0 Å². The molecule has 1 radical (unpaired) electrons. The molecule has 0 aliphatic rings. The summed E-state index contributed by atoms with van der Waals surface area (Å²) in [7, 11) is 0. The van der Waals surface area contributed by atoms with Gasteiger partial charge in [-0.15, -0.1) is 0 Å². The van der Waals surface area contributed by atoms with Crippen molar-refractivity contribution < 1.29 is 4.39 Å². The van der Waals surface area contributed by atoms with Crippen molar-refractivity contribution in [2.45, 2.75) is 32.6 Å². The molecule has 0 aromatic heterocycles. The van der Waals surface area contributed by atoms with Gasteiger partial charge in [0, 0.05) is 0 Å². The number of unbranched alkanes of at least 4 members (excludes halogenated alkanes) is 3. The highest BCUT2D eigenvalue weighted by Crippen LogP contribution is 2.13. The first-order valence-electron chi connectivity index (χ1n) is 4.92. The fourth-order valence-corrected chi connectivity index (χ4v) is 1.29. The zero-order valence-electron chi connectivity index (χ0n) is 8.09. The fraction of sp³-hybridized carbons (Fsp3) is 0.417. The standard InChI is InChI=1S/C12H16F/c1-2-3-4-5-8-11-9-6-7-10-12(11)13/h6-10H,2-5H2,1H3. The maximum Gasteiger partial charge on any atom is 0.126 e. The summed E-state index contributed by atoms with van der Waals surface area (Å²) >= 11 is 0. The highest BCUT2D eigenvalue weighted by atomic mass is 19.1. The second-order valence-electron chi connectivity index (χ2n) is 3.22. The molecule has 0 atom stereocenters. The summed E-state index contributed by atoms with van der Waals surface area (Å²) < 4.78 is 13.1. The fourth-order valence-electron chi connectivity index (χ4n) is 1.29. The molecule has 0 N–H and O–H groups in total. The van der Waals surface area contributed by atoms with Crippen LogP contribution in [0.25, 0.3) is 0 Å². The summed E-state index contributed by atoms with van der Waals surface area (Å²) in [6.07, 6.45) is 6.56. The maximum absolute atomic E-state index is 13.1. The van der Waals surface area contributed by atoms with Gasteiger partial charge in [0.2, 0.25) is 0 Å². The van der Waals surface area contributed by atoms with Gasteiger partial charge in [-0.2, -0.15) is 0 Å². The van der Waals surface area contributed by atoms with Crippen molar-refractivity contribution in [1.82, 2.24) is 0 Å². The second kappa shape index (κ2) is 5.74. The molecule has 0 bridgehead atoms. The molecule has 0 spiro atoms. The van der Waals surface area contributed by atoms with Gasteiger partial charge in [0.1, 0.15) is 5.82 Å². The Labute approximate surface area is 79.8 Å². The van der Waals surface area contributed by atoms with Gasteiger partial charge >= 0.3 is 0 Å². The van der Waals surface area contributed by atoms with Gasteiger partial charge in [-0.05, 0) is 24.5 Å². The van der Waals surface area contributed by atoms with Crippen molar-refractivity contribution in [2.24, 2.45) is 0 Å². The number of benzene rings is 1. The Morgan fingerprint density at radius 2 is 2.00 bits per heavy atom. The lowest BCUT2D eigenvalue weighted by Gasteiger charge is -2.01. The lowest BCUT2D eigenvalue weighted by Crippen LogP contribution is -1.87. The molecule has 1 rings (SSSR count). The van der Waals surface area contributed by atoms with Crippen LogP contribution < -0.4 is 0 Å². The van der Waals surface area contributed by atoms with Gasteiger partial charge < -0.3 is 0 Å². The summed E-state index contributed by atoms with van der Waals surface area (Å²) in [6.45, 7) is 2.17. The average molecular weight is 179 g/mol. The summed E-state index contributed by atoms with van der Waals surface area (Å²) in [6, 6.07) is 6.92. The van der Waals surface area contributed by atoms with E-state index in [1.54, 1.807) is 6.07 Å². The second-order valence-corrected chi connectivity index (χ2v) is 3.22. The van der Waals surface area contributed by atoms with E-state index in [1.807, 2.05) is 18.6 Å². The van der Waals surface area contributed by atoms with Crippen LogP contribution in [0.2, 0.25) is 0 Å². The Morgan fingerprint density at radius 1 is 1.23 bits per heavy atom. The third-order valence-electron chi connectivity index (χ3n) is 2.08. The minimum absolute atomic E-state index is 0.112. The molecule has 1 heteroatoms. The third kappa shape index (κ3) is 3.58. The lowest BCUT2D eigenvalue weighted by molar-refractivity contribution is 0.615. The molecule has 13 heavy (non-hydrogen) atoms. The quantitative estimate of drug-likeness (QED) is 0.600. The van der Waals surface area contributed by atoms with Crippen molar-refractivity contribution in [3.8, 4) is 0 Å². The Hall–Kier alpha value is -0.850. The van der Waals surface area contributed by atoms with Gasteiger partial charge in [-0.3, -0.25) is 0 Å². The molecular weight excluding hydrogens is 163 g/mol. The van der Waals surface area contributed by atoms with E-state index >= 15 is 0 Å². The largest absolute Gasteiger partial charge is 0.207 e. The van der Waals surface area contributed by atoms with Crippen molar-refractivity contribution in [3.63, 3.8) is 0 Å². The summed E-state index contributed by atoms with van der Waals surface area (Å²) in [5, 5.41) is 0. The molecule has 0 aliphatic carbocycles. The monoisotopic (exact) mass is 179 g/mol. The van der Waals surface area contributed by atoms with Gasteiger partial charge in [0.25, 0.3) is 0 Å². The summed E-state index contributed by atoms with van der Waals surface area (Å²) in [5.74, 6) is -0.112. The molecule has 0 aliphatic heterocycles. The predicted molar refractivity (Wildman–Crippen MR) is 53.9 cm³/mol. The smallest absolute Gasteiger partial charge is 0.126 e. The minimum atomic E-state index is -0.112. The number of hydrogen-bond acceptors (Lipinski definition) is 0. The van der Waals surface area contributed by atoms with Crippen molar-refractivity contribution >= 4 is 0 Å². The van der Waals surface area contributed by atoms with E-state index in [0.29, 0.717) is 0 Å². The molecule has 0 heterocycles. The predicted octanol–water partition coefficient (Wildman–Crippen LogP) is 3.96. The summed E-state index contributed by atoms with van der Waals surface area (Å²) in [4.78, 5) is 0. The van der Waals surface area contributed by atoms with E-state index < -0.39 is 0 Å². The zero-order chi connectivity index (χ0) is 9.52. The van der Waals surface area contributed by atoms with E-state index in [2.05, 4.69) is 6.92 Å². The molecule has 0 nitrogen and oxygen atoms in total. The molecule has 0 saturated carbocycles. The molecule has 1 aromatic carbocycles. The first kappa shape index (κ1) is 10.2. The first-order valence-corrected chi connectivity index (χ1v) is 4.92. The number of halogens is 1. The van der Waals surface area contributed by atoms with Crippen LogP contribution in [0.1, 0.15) is 38.2 Å². The molecule has 0 unspecified atom stereocenters. The molecule has 1 aromatic rings. The SMILES string of the molecule is CCCCC[CH]c1ccccc1F. The Balaban J connectivity index is 2.32. The Kier molecular flexibility index (Phi) is 4.52. The molecule has 71 valence electrons.